The number of carbonyl (C=O) groups excluding carboxylic acids is 1. The Balaban J connectivity index is 2.52. The molecule has 0 bridgehead atoms. The fraction of sp³-hybridized carbons (Fsp3) is 0.529. The zero-order valence-corrected chi connectivity index (χ0v) is 14.3. The van der Waals surface area contributed by atoms with Crippen molar-refractivity contribution in [3.8, 4) is 0 Å². The van der Waals surface area contributed by atoms with Crippen LogP contribution in [-0.2, 0) is 15.3 Å². The molecule has 0 spiro atoms. The van der Waals surface area contributed by atoms with Gasteiger partial charge in [-0.25, -0.2) is 0 Å². The Morgan fingerprint density at radius 1 is 1.23 bits per heavy atom. The summed E-state index contributed by atoms with van der Waals surface area (Å²) >= 11 is 1.88. The minimum Gasteiger partial charge on any atom is -0.481 e. The minimum atomic E-state index is -0.813. The van der Waals surface area contributed by atoms with Gasteiger partial charge in [0.25, 0.3) is 0 Å². The van der Waals surface area contributed by atoms with Gasteiger partial charge in [-0.2, -0.15) is 11.8 Å². The number of carboxylic acid groups (broad SMARTS) is 1. The number of rotatable bonds is 9. The van der Waals surface area contributed by atoms with Gasteiger partial charge in [0.1, 0.15) is 0 Å². The van der Waals surface area contributed by atoms with Crippen LogP contribution in [0.3, 0.4) is 0 Å². The molecular weight excluding hydrogens is 298 g/mol. The van der Waals surface area contributed by atoms with E-state index in [2.05, 4.69) is 25.2 Å². The molecule has 1 amide bonds. The Morgan fingerprint density at radius 2 is 1.91 bits per heavy atom. The van der Waals surface area contributed by atoms with Crippen molar-refractivity contribution in [3.63, 3.8) is 0 Å². The van der Waals surface area contributed by atoms with Crippen molar-refractivity contribution in [2.24, 2.45) is 0 Å². The Hall–Kier alpha value is -1.49. The molecule has 22 heavy (non-hydrogen) atoms. The number of hydrogen-bond acceptors (Lipinski definition) is 3. The van der Waals surface area contributed by atoms with Gasteiger partial charge in [-0.1, -0.05) is 26.0 Å². The maximum atomic E-state index is 11.9. The van der Waals surface area contributed by atoms with Crippen LogP contribution in [0, 0.1) is 6.92 Å². The molecule has 0 aliphatic carbocycles. The molecule has 1 aromatic rings. The summed E-state index contributed by atoms with van der Waals surface area (Å²) in [5.74, 6) is 0.0694. The van der Waals surface area contributed by atoms with Crippen molar-refractivity contribution in [2.45, 2.75) is 57.5 Å². The van der Waals surface area contributed by atoms with E-state index in [-0.39, 0.29) is 12.3 Å². The maximum absolute atomic E-state index is 11.9. The normalized spacial score (nSPS) is 10.7. The SMILES string of the molecule is Cc1c(CSC(C)C)cccc1NC(=O)CCCCC(=O)O. The van der Waals surface area contributed by atoms with Crippen LogP contribution >= 0.6 is 11.8 Å². The smallest absolute Gasteiger partial charge is 0.303 e. The number of nitrogens with one attached hydrogen (secondary N) is 1. The highest BCUT2D eigenvalue weighted by atomic mass is 32.2. The van der Waals surface area contributed by atoms with Gasteiger partial charge in [0.15, 0.2) is 0 Å². The second-order valence-electron chi connectivity index (χ2n) is 5.60. The number of anilines is 1. The van der Waals surface area contributed by atoms with E-state index in [4.69, 9.17) is 5.11 Å². The maximum Gasteiger partial charge on any atom is 0.303 e. The van der Waals surface area contributed by atoms with Gasteiger partial charge in [0, 0.05) is 24.3 Å². The molecule has 122 valence electrons. The molecule has 0 atom stereocenters. The molecule has 0 unspecified atom stereocenters. The third-order valence-corrected chi connectivity index (χ3v) is 4.48. The molecule has 0 fully saturated rings. The van der Waals surface area contributed by atoms with E-state index in [1.54, 1.807) is 0 Å². The first-order valence-corrected chi connectivity index (χ1v) is 8.66. The van der Waals surface area contributed by atoms with Crippen LogP contribution < -0.4 is 5.32 Å². The monoisotopic (exact) mass is 323 g/mol. The highest BCUT2D eigenvalue weighted by molar-refractivity contribution is 7.99. The lowest BCUT2D eigenvalue weighted by Gasteiger charge is -2.13. The molecule has 0 saturated carbocycles. The molecule has 0 aliphatic rings. The van der Waals surface area contributed by atoms with Crippen molar-refractivity contribution in [2.75, 3.05) is 5.32 Å². The van der Waals surface area contributed by atoms with Crippen molar-refractivity contribution in [1.29, 1.82) is 0 Å². The molecule has 1 rings (SSSR count). The van der Waals surface area contributed by atoms with Crippen LogP contribution in [-0.4, -0.2) is 22.2 Å². The number of benzene rings is 1. The Labute approximate surface area is 136 Å². The summed E-state index contributed by atoms with van der Waals surface area (Å²) in [5, 5.41) is 12.1. The zero-order chi connectivity index (χ0) is 16.5. The van der Waals surface area contributed by atoms with Crippen LogP contribution in [0.25, 0.3) is 0 Å². The molecule has 0 aromatic heterocycles. The van der Waals surface area contributed by atoms with E-state index < -0.39 is 5.97 Å². The van der Waals surface area contributed by atoms with E-state index in [9.17, 15) is 9.59 Å². The molecular formula is C17H25NO3S. The van der Waals surface area contributed by atoms with Crippen molar-refractivity contribution in [1.82, 2.24) is 0 Å². The third-order valence-electron chi connectivity index (χ3n) is 3.34. The Kier molecular flexibility index (Phi) is 8.02. The van der Waals surface area contributed by atoms with Gasteiger partial charge < -0.3 is 10.4 Å². The Bertz CT molecular complexity index is 515. The molecule has 0 aliphatic heterocycles. The first kappa shape index (κ1) is 18.6. The molecule has 0 heterocycles. The van der Waals surface area contributed by atoms with Gasteiger partial charge >= 0.3 is 5.97 Å². The fourth-order valence-corrected chi connectivity index (χ4v) is 2.83. The van der Waals surface area contributed by atoms with E-state index in [1.807, 2.05) is 30.8 Å². The second-order valence-corrected chi connectivity index (χ2v) is 7.16. The summed E-state index contributed by atoms with van der Waals surface area (Å²) in [7, 11) is 0. The number of amides is 1. The molecule has 4 nitrogen and oxygen atoms in total. The van der Waals surface area contributed by atoms with E-state index >= 15 is 0 Å². The van der Waals surface area contributed by atoms with Crippen LogP contribution in [0.15, 0.2) is 18.2 Å². The van der Waals surface area contributed by atoms with E-state index in [1.165, 1.54) is 5.56 Å². The summed E-state index contributed by atoms with van der Waals surface area (Å²) in [4.78, 5) is 22.3. The number of unbranched alkanes of at least 4 members (excludes halogenated alkanes) is 1. The van der Waals surface area contributed by atoms with Gasteiger partial charge in [-0.15, -0.1) is 0 Å². The molecule has 0 radical (unpaired) electrons. The van der Waals surface area contributed by atoms with Gasteiger partial charge in [-0.3, -0.25) is 9.59 Å². The molecule has 1 aromatic carbocycles. The average molecular weight is 323 g/mol. The summed E-state index contributed by atoms with van der Waals surface area (Å²) < 4.78 is 0. The number of carboxylic acids is 1. The van der Waals surface area contributed by atoms with Crippen molar-refractivity contribution < 1.29 is 14.7 Å². The summed E-state index contributed by atoms with van der Waals surface area (Å²) in [6, 6.07) is 5.96. The van der Waals surface area contributed by atoms with Crippen LogP contribution in [0.1, 0.15) is 50.7 Å². The first-order valence-electron chi connectivity index (χ1n) is 7.62. The lowest BCUT2D eigenvalue weighted by Crippen LogP contribution is -2.12. The highest BCUT2D eigenvalue weighted by Gasteiger charge is 2.08. The van der Waals surface area contributed by atoms with E-state index in [0.29, 0.717) is 24.5 Å². The number of hydrogen-bond donors (Lipinski definition) is 2. The van der Waals surface area contributed by atoms with E-state index in [0.717, 1.165) is 17.0 Å². The average Bonchev–Trinajstić information content (AvgIpc) is 2.44. The standard InChI is InChI=1S/C17H25NO3S/c1-12(2)22-11-14-7-6-8-15(13(14)3)18-16(19)9-4-5-10-17(20)21/h6-8,12H,4-5,9-11H2,1-3H3,(H,18,19)(H,20,21). The number of carbonyl (C=O) groups is 2. The van der Waals surface area contributed by atoms with Crippen molar-refractivity contribution >= 4 is 29.3 Å². The first-order chi connectivity index (χ1) is 10.4. The van der Waals surface area contributed by atoms with Gasteiger partial charge in [0.05, 0.1) is 0 Å². The predicted octanol–water partition coefficient (Wildman–Crippen LogP) is 4.22. The largest absolute Gasteiger partial charge is 0.481 e. The minimum absolute atomic E-state index is 0.0536. The summed E-state index contributed by atoms with van der Waals surface area (Å²) in [6.45, 7) is 6.36. The highest BCUT2D eigenvalue weighted by Crippen LogP contribution is 2.25. The van der Waals surface area contributed by atoms with Crippen LogP contribution in [0.5, 0.6) is 0 Å². The Morgan fingerprint density at radius 3 is 2.55 bits per heavy atom. The third kappa shape index (κ3) is 6.98. The second kappa shape index (κ2) is 9.51. The fourth-order valence-electron chi connectivity index (χ4n) is 2.01. The molecule has 5 heteroatoms. The topological polar surface area (TPSA) is 66.4 Å². The zero-order valence-electron chi connectivity index (χ0n) is 13.5. The molecule has 0 saturated heterocycles. The van der Waals surface area contributed by atoms with Gasteiger partial charge in [0.2, 0.25) is 5.91 Å². The number of aliphatic carboxylic acids is 1. The predicted molar refractivity (Wildman–Crippen MR) is 92.3 cm³/mol. The van der Waals surface area contributed by atoms with Crippen LogP contribution in [0.4, 0.5) is 5.69 Å². The van der Waals surface area contributed by atoms with Crippen LogP contribution in [0.2, 0.25) is 0 Å². The quantitative estimate of drug-likeness (QED) is 0.668. The summed E-state index contributed by atoms with van der Waals surface area (Å²) in [6.07, 6.45) is 1.61. The molecule has 2 N–H and O–H groups in total. The van der Waals surface area contributed by atoms with Crippen molar-refractivity contribution in [3.05, 3.63) is 29.3 Å². The summed E-state index contributed by atoms with van der Waals surface area (Å²) in [5.41, 5.74) is 3.20. The number of thioether (sulfide) groups is 1. The van der Waals surface area contributed by atoms with Gasteiger partial charge in [-0.05, 0) is 42.2 Å². The lowest BCUT2D eigenvalue weighted by molar-refractivity contribution is -0.137. The lowest BCUT2D eigenvalue weighted by atomic mass is 10.1.